The van der Waals surface area contributed by atoms with Crippen LogP contribution >= 0.6 is 10.8 Å². The third kappa shape index (κ3) is 1.12. The summed E-state index contributed by atoms with van der Waals surface area (Å²) in [6.07, 6.45) is 0. The van der Waals surface area contributed by atoms with Crippen LogP contribution in [0.3, 0.4) is 0 Å². The van der Waals surface area contributed by atoms with Gasteiger partial charge in [0.25, 0.3) is 0 Å². The molecule has 0 aliphatic carbocycles. The van der Waals surface area contributed by atoms with Crippen molar-refractivity contribution in [3.8, 4) is 11.5 Å². The van der Waals surface area contributed by atoms with Crippen molar-refractivity contribution in [2.24, 2.45) is 0 Å². The van der Waals surface area contributed by atoms with Crippen LogP contribution < -0.4 is 4.18 Å². The number of rotatable bonds is 0. The monoisotopic (exact) mass is 204 g/mol. The first kappa shape index (κ1) is 7.75. The Kier molecular flexibility index (Phi) is 1.49. The van der Waals surface area contributed by atoms with E-state index in [0.29, 0.717) is 15.7 Å². The average molecular weight is 204 g/mol. The molecule has 1 aromatic rings. The molecule has 0 aromatic heterocycles. The highest BCUT2D eigenvalue weighted by Gasteiger charge is 2.29. The topological polar surface area (TPSA) is 63.6 Å². The lowest BCUT2D eigenvalue weighted by atomic mass is 10.3. The van der Waals surface area contributed by atoms with E-state index < -0.39 is 9.15 Å². The Labute approximate surface area is 72.7 Å². The van der Waals surface area contributed by atoms with E-state index >= 15 is 0 Å². The van der Waals surface area contributed by atoms with E-state index in [4.69, 9.17) is 5.11 Å². The van der Waals surface area contributed by atoms with Crippen LogP contribution in [0, 0.1) is 0 Å². The molecule has 0 unspecified atom stereocenters. The van der Waals surface area contributed by atoms with Crippen LogP contribution in [0.5, 0.6) is 11.5 Å². The molecule has 6 heteroatoms. The lowest BCUT2D eigenvalue weighted by Crippen LogP contribution is -1.95. The first-order valence-electron chi connectivity index (χ1n) is 3.04. The molecule has 0 spiro atoms. The molecular formula is C6H4O4S2. The van der Waals surface area contributed by atoms with Gasteiger partial charge in [-0.05, 0) is 12.1 Å². The van der Waals surface area contributed by atoms with Crippen LogP contribution in [0.15, 0.2) is 23.1 Å². The van der Waals surface area contributed by atoms with Gasteiger partial charge in [0.05, 0.1) is 4.90 Å². The highest BCUT2D eigenvalue weighted by molar-refractivity contribution is 8.70. The van der Waals surface area contributed by atoms with E-state index in [1.165, 1.54) is 6.07 Å². The summed E-state index contributed by atoms with van der Waals surface area (Å²) in [5, 5.41) is 9.16. The van der Waals surface area contributed by atoms with Gasteiger partial charge in [0.2, 0.25) is 0 Å². The number of hydrogen-bond acceptors (Lipinski definition) is 5. The van der Waals surface area contributed by atoms with Gasteiger partial charge in [-0.2, -0.15) is 8.42 Å². The van der Waals surface area contributed by atoms with Crippen LogP contribution in [0.4, 0.5) is 0 Å². The SMILES string of the molecule is O=S1(=O)Oc2c(O)cccc2S1. The van der Waals surface area contributed by atoms with Gasteiger partial charge in [-0.25, -0.2) is 0 Å². The normalized spacial score (nSPS) is 18.3. The van der Waals surface area contributed by atoms with E-state index in [1.807, 2.05) is 0 Å². The van der Waals surface area contributed by atoms with Crippen molar-refractivity contribution in [3.63, 3.8) is 0 Å². The van der Waals surface area contributed by atoms with Crippen molar-refractivity contribution < 1.29 is 17.7 Å². The Balaban J connectivity index is 2.63. The summed E-state index contributed by atoms with van der Waals surface area (Å²) in [7, 11) is -2.97. The van der Waals surface area contributed by atoms with Gasteiger partial charge >= 0.3 is 9.15 Å². The number of aromatic hydroxyl groups is 1. The zero-order valence-electron chi connectivity index (χ0n) is 5.72. The highest BCUT2D eigenvalue weighted by Crippen LogP contribution is 2.46. The molecular weight excluding hydrogens is 200 g/mol. The predicted octanol–water partition coefficient (Wildman–Crippen LogP) is 1.12. The van der Waals surface area contributed by atoms with Gasteiger partial charge in [-0.1, -0.05) is 6.07 Å². The molecule has 0 saturated heterocycles. The third-order valence-corrected chi connectivity index (χ3v) is 3.77. The van der Waals surface area contributed by atoms with E-state index in [2.05, 4.69) is 4.18 Å². The maximum absolute atomic E-state index is 10.9. The molecule has 64 valence electrons. The molecule has 1 N–H and O–H groups in total. The molecule has 1 aliphatic heterocycles. The maximum atomic E-state index is 10.9. The number of benzene rings is 1. The Hall–Kier alpha value is -0.880. The standard InChI is InChI=1S/C6H4O4S2/c7-4-2-1-3-5-6(4)10-12(8,9)11-5/h1-3,7H. The molecule has 0 saturated carbocycles. The number of fused-ring (bicyclic) bond motifs is 1. The zero-order chi connectivity index (χ0) is 8.77. The lowest BCUT2D eigenvalue weighted by Gasteiger charge is -1.96. The Morgan fingerprint density at radius 1 is 1.42 bits per heavy atom. The molecule has 0 atom stereocenters. The van der Waals surface area contributed by atoms with Crippen molar-refractivity contribution in [1.29, 1.82) is 0 Å². The molecule has 0 amide bonds. The Morgan fingerprint density at radius 3 is 2.83 bits per heavy atom. The summed E-state index contributed by atoms with van der Waals surface area (Å²) in [5.74, 6) is -0.122. The molecule has 1 aliphatic rings. The van der Waals surface area contributed by atoms with Crippen LogP contribution in [-0.4, -0.2) is 13.5 Å². The van der Waals surface area contributed by atoms with E-state index in [9.17, 15) is 8.42 Å². The summed E-state index contributed by atoms with van der Waals surface area (Å²) in [4.78, 5) is 0.426. The van der Waals surface area contributed by atoms with E-state index in [-0.39, 0.29) is 11.5 Å². The minimum Gasteiger partial charge on any atom is -0.504 e. The summed E-state index contributed by atoms with van der Waals surface area (Å²) >= 11 is 0. The lowest BCUT2D eigenvalue weighted by molar-refractivity contribution is 0.432. The summed E-state index contributed by atoms with van der Waals surface area (Å²) in [5.41, 5.74) is 0. The third-order valence-electron chi connectivity index (χ3n) is 1.34. The molecule has 0 bridgehead atoms. The molecule has 1 aromatic carbocycles. The van der Waals surface area contributed by atoms with Gasteiger partial charge in [0, 0.05) is 10.8 Å². The molecule has 0 fully saturated rings. The zero-order valence-corrected chi connectivity index (χ0v) is 7.35. The Bertz CT molecular complexity index is 423. The van der Waals surface area contributed by atoms with Crippen LogP contribution in [0.25, 0.3) is 0 Å². The van der Waals surface area contributed by atoms with Crippen molar-refractivity contribution in [1.82, 2.24) is 0 Å². The van der Waals surface area contributed by atoms with Gasteiger partial charge in [0.1, 0.15) is 0 Å². The molecule has 0 radical (unpaired) electrons. The summed E-state index contributed by atoms with van der Waals surface area (Å²) in [6, 6.07) is 4.51. The minimum atomic E-state index is -3.57. The van der Waals surface area contributed by atoms with Gasteiger partial charge in [-0.3, -0.25) is 0 Å². The first-order valence-corrected chi connectivity index (χ1v) is 5.78. The number of hydrogen-bond donors (Lipinski definition) is 1. The highest BCUT2D eigenvalue weighted by atomic mass is 33.2. The minimum absolute atomic E-state index is 0.0301. The fourth-order valence-corrected chi connectivity index (χ4v) is 3.28. The second-order valence-electron chi connectivity index (χ2n) is 2.18. The molecule has 4 nitrogen and oxygen atoms in total. The Morgan fingerprint density at radius 2 is 2.17 bits per heavy atom. The number of para-hydroxylation sites is 1. The van der Waals surface area contributed by atoms with Crippen molar-refractivity contribution in [3.05, 3.63) is 18.2 Å². The largest absolute Gasteiger partial charge is 0.504 e. The summed E-state index contributed by atoms with van der Waals surface area (Å²) < 4.78 is 26.2. The van der Waals surface area contributed by atoms with Gasteiger partial charge < -0.3 is 9.29 Å². The second kappa shape index (κ2) is 2.30. The maximum Gasteiger partial charge on any atom is 0.371 e. The molecule has 2 rings (SSSR count). The summed E-state index contributed by atoms with van der Waals surface area (Å²) in [6.45, 7) is 0. The molecule has 1 heterocycles. The fourth-order valence-electron chi connectivity index (χ4n) is 0.883. The van der Waals surface area contributed by atoms with E-state index in [0.717, 1.165) is 0 Å². The van der Waals surface area contributed by atoms with Gasteiger partial charge in [-0.15, -0.1) is 0 Å². The first-order chi connectivity index (χ1) is 5.58. The van der Waals surface area contributed by atoms with Gasteiger partial charge in [0.15, 0.2) is 11.5 Å². The van der Waals surface area contributed by atoms with Crippen molar-refractivity contribution in [2.75, 3.05) is 0 Å². The smallest absolute Gasteiger partial charge is 0.371 e. The van der Waals surface area contributed by atoms with E-state index in [1.54, 1.807) is 12.1 Å². The fraction of sp³-hybridized carbons (Fsp3) is 0. The van der Waals surface area contributed by atoms with Crippen LogP contribution in [-0.2, 0) is 9.15 Å². The number of phenolic OH excluding ortho intramolecular Hbond substituents is 1. The van der Waals surface area contributed by atoms with Crippen molar-refractivity contribution in [2.45, 2.75) is 4.90 Å². The second-order valence-corrected chi connectivity index (χ2v) is 5.49. The molecule has 12 heavy (non-hydrogen) atoms. The quantitative estimate of drug-likeness (QED) is 0.641. The van der Waals surface area contributed by atoms with Crippen molar-refractivity contribution >= 4 is 19.9 Å². The van der Waals surface area contributed by atoms with Crippen LogP contribution in [0.1, 0.15) is 0 Å². The van der Waals surface area contributed by atoms with Crippen LogP contribution in [0.2, 0.25) is 0 Å². The predicted molar refractivity (Wildman–Crippen MR) is 43.5 cm³/mol. The average Bonchev–Trinajstić information content (AvgIpc) is 2.25. The number of phenols is 1.